The second-order valence-corrected chi connectivity index (χ2v) is 10.7. The molecule has 0 unspecified atom stereocenters. The van der Waals surface area contributed by atoms with Crippen LogP contribution in [0.3, 0.4) is 0 Å². The van der Waals surface area contributed by atoms with E-state index in [0.717, 1.165) is 20.2 Å². The van der Waals surface area contributed by atoms with Gasteiger partial charge < -0.3 is 15.4 Å². The zero-order chi connectivity index (χ0) is 23.3. The normalized spacial score (nSPS) is 23.3. The molecule has 0 spiro atoms. The van der Waals surface area contributed by atoms with Gasteiger partial charge in [-0.1, -0.05) is 49.5 Å². The Morgan fingerprint density at radius 3 is 2.58 bits per heavy atom. The lowest BCUT2D eigenvalue weighted by molar-refractivity contribution is -0.130. The maximum absolute atomic E-state index is 13.8. The van der Waals surface area contributed by atoms with Gasteiger partial charge in [0.1, 0.15) is 11.7 Å². The van der Waals surface area contributed by atoms with E-state index in [1.807, 2.05) is 54.3 Å². The Balaban J connectivity index is 1.63. The molecule has 33 heavy (non-hydrogen) atoms. The van der Waals surface area contributed by atoms with Gasteiger partial charge in [0.05, 0.1) is 6.04 Å². The van der Waals surface area contributed by atoms with Gasteiger partial charge in [-0.15, -0.1) is 0 Å². The molecule has 5 rings (SSSR count). The van der Waals surface area contributed by atoms with Gasteiger partial charge in [0.2, 0.25) is 5.91 Å². The summed E-state index contributed by atoms with van der Waals surface area (Å²) in [5, 5.41) is 7.53. The molecule has 1 amide bonds. The number of anilines is 2. The van der Waals surface area contributed by atoms with E-state index in [0.29, 0.717) is 21.6 Å². The molecular formula is C24H18Br2ClN3O2S. The van der Waals surface area contributed by atoms with Crippen LogP contribution < -0.4 is 20.3 Å². The minimum atomic E-state index is -1.08. The first-order chi connectivity index (χ1) is 15.8. The summed E-state index contributed by atoms with van der Waals surface area (Å²) in [6.45, 7) is 1.91. The summed E-state index contributed by atoms with van der Waals surface area (Å²) >= 11 is 18.9. The Kier molecular flexibility index (Phi) is 5.89. The smallest absolute Gasteiger partial charge is 0.236 e. The van der Waals surface area contributed by atoms with Gasteiger partial charge in [0, 0.05) is 30.9 Å². The molecule has 2 heterocycles. The molecule has 0 aliphatic carbocycles. The van der Waals surface area contributed by atoms with Crippen LogP contribution in [0.4, 0.5) is 11.4 Å². The van der Waals surface area contributed by atoms with E-state index < -0.39 is 11.6 Å². The highest BCUT2D eigenvalue weighted by atomic mass is 79.9. The molecule has 0 radical (unpaired) electrons. The molecule has 0 saturated carbocycles. The number of nitrogens with one attached hydrogen (secondary N) is 2. The molecule has 2 N–H and O–H groups in total. The largest absolute Gasteiger partial charge is 0.467 e. The third kappa shape index (κ3) is 4.03. The molecule has 0 aromatic heterocycles. The summed E-state index contributed by atoms with van der Waals surface area (Å²) in [5.74, 6) is -0.109. The number of nitrogens with zero attached hydrogens (tertiary/aromatic N) is 1. The van der Waals surface area contributed by atoms with Crippen LogP contribution in [0.1, 0.15) is 18.5 Å². The number of carbonyl (C=O) groups is 1. The standard InChI is InChI=1S/C24H18Br2ClN3O2S/c1-24-20(22(31)28-16-8-6-15(27)7-9-16)21(18-12-14(26)5-10-19(18)32-24)29-23(33)30(24)17-4-2-3-13(25)11-17/h2-12,20-21H,1H3,(H,28,31)(H,29,33)/t20-,21+,24+/m0/s1. The van der Waals surface area contributed by atoms with Gasteiger partial charge in [0.25, 0.3) is 0 Å². The second kappa shape index (κ2) is 8.58. The Morgan fingerprint density at radius 1 is 1.12 bits per heavy atom. The lowest BCUT2D eigenvalue weighted by Gasteiger charge is -2.56. The molecule has 168 valence electrons. The third-order valence-corrected chi connectivity index (χ3v) is 7.46. The SMILES string of the molecule is C[C@]12Oc3ccc(Br)cc3[C@@H](NC(=S)N1c1cccc(Br)c1)[C@H]2C(=O)Nc1ccc(Cl)cc1. The van der Waals surface area contributed by atoms with Crippen molar-refractivity contribution < 1.29 is 9.53 Å². The molecule has 1 saturated heterocycles. The van der Waals surface area contributed by atoms with E-state index in [2.05, 4.69) is 42.5 Å². The molecular weight excluding hydrogens is 590 g/mol. The average Bonchev–Trinajstić information content (AvgIpc) is 2.75. The van der Waals surface area contributed by atoms with Crippen molar-refractivity contribution in [1.29, 1.82) is 0 Å². The predicted molar refractivity (Wildman–Crippen MR) is 142 cm³/mol. The molecule has 9 heteroatoms. The second-order valence-electron chi connectivity index (χ2n) is 8.06. The Labute approximate surface area is 218 Å². The van der Waals surface area contributed by atoms with Crippen molar-refractivity contribution in [2.24, 2.45) is 5.92 Å². The number of thiocarbonyl (C=S) groups is 1. The molecule has 3 atom stereocenters. The van der Waals surface area contributed by atoms with Crippen LogP contribution in [0.15, 0.2) is 75.7 Å². The number of ether oxygens (including phenoxy) is 1. The highest BCUT2D eigenvalue weighted by Gasteiger charge is 2.59. The van der Waals surface area contributed by atoms with E-state index in [1.165, 1.54) is 0 Å². The van der Waals surface area contributed by atoms with Crippen molar-refractivity contribution >= 4 is 78.1 Å². The van der Waals surface area contributed by atoms with E-state index in [1.54, 1.807) is 24.3 Å². The number of rotatable bonds is 3. The molecule has 2 aliphatic rings. The summed E-state index contributed by atoms with van der Waals surface area (Å²) in [5.41, 5.74) is 1.26. The van der Waals surface area contributed by atoms with Crippen LogP contribution in [-0.2, 0) is 4.79 Å². The first-order valence-electron chi connectivity index (χ1n) is 10.2. The van der Waals surface area contributed by atoms with Crippen molar-refractivity contribution in [1.82, 2.24) is 5.32 Å². The number of halogens is 3. The quantitative estimate of drug-likeness (QED) is 0.326. The van der Waals surface area contributed by atoms with Gasteiger partial charge in [-0.2, -0.15) is 0 Å². The number of amides is 1. The summed E-state index contributed by atoms with van der Waals surface area (Å²) < 4.78 is 8.39. The van der Waals surface area contributed by atoms with E-state index in [-0.39, 0.29) is 11.9 Å². The summed E-state index contributed by atoms with van der Waals surface area (Å²) in [6, 6.07) is 20.2. The third-order valence-electron chi connectivity index (χ3n) is 5.92. The zero-order valence-corrected chi connectivity index (χ0v) is 22.1. The highest BCUT2D eigenvalue weighted by Crippen LogP contribution is 2.50. The highest BCUT2D eigenvalue weighted by molar-refractivity contribution is 9.10. The van der Waals surface area contributed by atoms with Crippen molar-refractivity contribution in [3.63, 3.8) is 0 Å². The lowest BCUT2D eigenvalue weighted by atomic mass is 9.78. The number of hydrogen-bond donors (Lipinski definition) is 2. The summed E-state index contributed by atoms with van der Waals surface area (Å²) in [6.07, 6.45) is 0. The average molecular weight is 608 g/mol. The Morgan fingerprint density at radius 2 is 1.85 bits per heavy atom. The van der Waals surface area contributed by atoms with Gasteiger partial charge in [-0.25, -0.2) is 0 Å². The number of hydrogen-bond acceptors (Lipinski definition) is 3. The minimum Gasteiger partial charge on any atom is -0.467 e. The van der Waals surface area contributed by atoms with Crippen LogP contribution in [0, 0.1) is 5.92 Å². The van der Waals surface area contributed by atoms with Crippen LogP contribution in [-0.4, -0.2) is 16.7 Å². The number of carbonyl (C=O) groups excluding carboxylic acids is 1. The molecule has 1 fully saturated rings. The van der Waals surface area contributed by atoms with Crippen molar-refractivity contribution in [2.75, 3.05) is 10.2 Å². The monoisotopic (exact) mass is 605 g/mol. The van der Waals surface area contributed by atoms with E-state index >= 15 is 0 Å². The topological polar surface area (TPSA) is 53.6 Å². The summed E-state index contributed by atoms with van der Waals surface area (Å²) in [7, 11) is 0. The molecule has 3 aromatic rings. The zero-order valence-electron chi connectivity index (χ0n) is 17.3. The maximum atomic E-state index is 13.8. The fraction of sp³-hybridized carbons (Fsp3) is 0.167. The van der Waals surface area contributed by atoms with E-state index in [4.69, 9.17) is 28.6 Å². The fourth-order valence-electron chi connectivity index (χ4n) is 4.51. The van der Waals surface area contributed by atoms with Crippen LogP contribution in [0.5, 0.6) is 5.75 Å². The Bertz CT molecular complexity index is 1270. The van der Waals surface area contributed by atoms with Crippen molar-refractivity contribution in [3.8, 4) is 5.75 Å². The van der Waals surface area contributed by atoms with Crippen LogP contribution >= 0.6 is 55.7 Å². The maximum Gasteiger partial charge on any atom is 0.236 e. The Hall–Kier alpha value is -2.13. The van der Waals surface area contributed by atoms with Gasteiger partial charge in [-0.05, 0) is 79.8 Å². The van der Waals surface area contributed by atoms with Crippen LogP contribution in [0.25, 0.3) is 0 Å². The van der Waals surface area contributed by atoms with Gasteiger partial charge in [-0.3, -0.25) is 9.69 Å². The first kappa shape index (κ1) is 22.7. The number of benzene rings is 3. The molecule has 3 aromatic carbocycles. The number of fused-ring (bicyclic) bond motifs is 4. The van der Waals surface area contributed by atoms with Crippen molar-refractivity contribution in [3.05, 3.63) is 86.3 Å². The van der Waals surface area contributed by atoms with E-state index in [9.17, 15) is 4.79 Å². The van der Waals surface area contributed by atoms with Crippen molar-refractivity contribution in [2.45, 2.75) is 18.7 Å². The van der Waals surface area contributed by atoms with Crippen LogP contribution in [0.2, 0.25) is 5.02 Å². The molecule has 5 nitrogen and oxygen atoms in total. The molecule has 2 aliphatic heterocycles. The van der Waals surface area contributed by atoms with Gasteiger partial charge in [0.15, 0.2) is 10.8 Å². The predicted octanol–water partition coefficient (Wildman–Crippen LogP) is 6.66. The first-order valence-corrected chi connectivity index (χ1v) is 12.5. The minimum absolute atomic E-state index is 0.189. The summed E-state index contributed by atoms with van der Waals surface area (Å²) in [4.78, 5) is 15.6. The fourth-order valence-corrected chi connectivity index (χ4v) is 5.82. The molecule has 2 bridgehead atoms. The van der Waals surface area contributed by atoms with Gasteiger partial charge >= 0.3 is 0 Å². The lowest BCUT2D eigenvalue weighted by Crippen LogP contribution is -2.72.